The molecule has 94 valence electrons. The molecule has 0 saturated heterocycles. The summed E-state index contributed by atoms with van der Waals surface area (Å²) in [5.41, 5.74) is 8.39. The molecule has 2 N–H and O–H groups in total. The molecule has 0 amide bonds. The van der Waals surface area contributed by atoms with Crippen molar-refractivity contribution in [2.45, 2.75) is 25.0 Å². The van der Waals surface area contributed by atoms with Crippen molar-refractivity contribution in [1.82, 2.24) is 4.98 Å². The van der Waals surface area contributed by atoms with Crippen LogP contribution < -0.4 is 5.73 Å². The summed E-state index contributed by atoms with van der Waals surface area (Å²) in [6.07, 6.45) is 4.45. The van der Waals surface area contributed by atoms with Gasteiger partial charge < -0.3 is 10.5 Å². The van der Waals surface area contributed by atoms with Crippen molar-refractivity contribution in [2.24, 2.45) is 11.7 Å². The van der Waals surface area contributed by atoms with Crippen LogP contribution in [0.25, 0.3) is 10.9 Å². The first-order valence-electron chi connectivity index (χ1n) is 6.42. The molecule has 3 rings (SSSR count). The van der Waals surface area contributed by atoms with Crippen LogP contribution in [0, 0.1) is 5.92 Å². The van der Waals surface area contributed by atoms with E-state index in [0.29, 0.717) is 5.92 Å². The van der Waals surface area contributed by atoms with Gasteiger partial charge in [0.05, 0.1) is 17.7 Å². The fourth-order valence-electron chi connectivity index (χ4n) is 2.52. The van der Waals surface area contributed by atoms with Crippen LogP contribution in [-0.4, -0.2) is 18.2 Å². The molecular weight excluding hydrogens is 224 g/mol. The average molecular weight is 242 g/mol. The van der Waals surface area contributed by atoms with E-state index in [1.165, 1.54) is 12.8 Å². The summed E-state index contributed by atoms with van der Waals surface area (Å²) in [7, 11) is 1.75. The zero-order valence-electron chi connectivity index (χ0n) is 10.5. The number of hydrogen-bond donors (Lipinski definition) is 1. The number of methoxy groups -OCH3 is 1. The summed E-state index contributed by atoms with van der Waals surface area (Å²) in [5, 5.41) is 1.14. The second kappa shape index (κ2) is 4.67. The summed E-state index contributed by atoms with van der Waals surface area (Å²) in [6.45, 7) is 0. The zero-order chi connectivity index (χ0) is 12.5. The molecule has 1 aliphatic carbocycles. The molecule has 0 radical (unpaired) electrons. The highest BCUT2D eigenvalue weighted by Gasteiger charge is 2.36. The maximum atomic E-state index is 6.32. The van der Waals surface area contributed by atoms with Gasteiger partial charge in [0.2, 0.25) is 0 Å². The molecule has 3 nitrogen and oxygen atoms in total. The number of hydrogen-bond acceptors (Lipinski definition) is 3. The molecule has 3 heteroatoms. The highest BCUT2D eigenvalue weighted by Crippen LogP contribution is 2.39. The fraction of sp³-hybridized carbons (Fsp3) is 0.400. The largest absolute Gasteiger partial charge is 0.379 e. The van der Waals surface area contributed by atoms with E-state index >= 15 is 0 Å². The molecule has 2 atom stereocenters. The first-order valence-corrected chi connectivity index (χ1v) is 6.42. The van der Waals surface area contributed by atoms with Gasteiger partial charge in [-0.15, -0.1) is 0 Å². The van der Waals surface area contributed by atoms with Gasteiger partial charge in [-0.2, -0.15) is 0 Å². The maximum Gasteiger partial charge on any atom is 0.0792 e. The molecule has 1 saturated carbocycles. The predicted molar refractivity (Wildman–Crippen MR) is 72.2 cm³/mol. The number of para-hydroxylation sites is 1. The quantitative estimate of drug-likeness (QED) is 0.896. The topological polar surface area (TPSA) is 48.1 Å². The Hall–Kier alpha value is -1.45. The number of nitrogens with zero attached hydrogens (tertiary/aromatic N) is 1. The van der Waals surface area contributed by atoms with Crippen molar-refractivity contribution in [3.8, 4) is 0 Å². The van der Waals surface area contributed by atoms with Gasteiger partial charge in [0, 0.05) is 18.7 Å². The Morgan fingerprint density at radius 3 is 2.83 bits per heavy atom. The van der Waals surface area contributed by atoms with Crippen molar-refractivity contribution in [3.63, 3.8) is 0 Å². The van der Waals surface area contributed by atoms with Gasteiger partial charge in [-0.25, -0.2) is 0 Å². The van der Waals surface area contributed by atoms with Gasteiger partial charge in [0.25, 0.3) is 0 Å². The van der Waals surface area contributed by atoms with Gasteiger partial charge in [0.1, 0.15) is 0 Å². The first kappa shape index (κ1) is 11.6. The first-order chi connectivity index (χ1) is 8.79. The lowest BCUT2D eigenvalue weighted by atomic mass is 9.99. The van der Waals surface area contributed by atoms with Gasteiger partial charge >= 0.3 is 0 Å². The molecule has 1 heterocycles. The van der Waals surface area contributed by atoms with E-state index < -0.39 is 0 Å². The lowest BCUT2D eigenvalue weighted by Crippen LogP contribution is -2.29. The van der Waals surface area contributed by atoms with Crippen LogP contribution in [0.3, 0.4) is 0 Å². The van der Waals surface area contributed by atoms with Crippen molar-refractivity contribution < 1.29 is 4.74 Å². The Labute approximate surface area is 107 Å². The summed E-state index contributed by atoms with van der Waals surface area (Å²) in [5.74, 6) is 0.622. The molecular formula is C15H18N2O. The summed E-state index contributed by atoms with van der Waals surface area (Å²) in [6, 6.07) is 10.1. The van der Waals surface area contributed by atoms with Crippen molar-refractivity contribution in [1.29, 1.82) is 0 Å². The molecule has 1 aliphatic rings. The van der Waals surface area contributed by atoms with Gasteiger partial charge in [-0.1, -0.05) is 18.2 Å². The van der Waals surface area contributed by atoms with Gasteiger partial charge in [0.15, 0.2) is 0 Å². The minimum absolute atomic E-state index is 0.0837. The number of aromatic nitrogens is 1. The third-order valence-corrected chi connectivity index (χ3v) is 3.71. The maximum absolute atomic E-state index is 6.32. The van der Waals surface area contributed by atoms with Crippen molar-refractivity contribution >= 4 is 10.9 Å². The molecule has 0 bridgehead atoms. The highest BCUT2D eigenvalue weighted by atomic mass is 16.5. The molecule has 1 aromatic heterocycles. The average Bonchev–Trinajstić information content (AvgIpc) is 3.23. The van der Waals surface area contributed by atoms with Crippen molar-refractivity contribution in [3.05, 3.63) is 42.1 Å². The Morgan fingerprint density at radius 2 is 2.11 bits per heavy atom. The van der Waals surface area contributed by atoms with E-state index in [1.54, 1.807) is 7.11 Å². The summed E-state index contributed by atoms with van der Waals surface area (Å²) in [4.78, 5) is 4.46. The third-order valence-electron chi connectivity index (χ3n) is 3.71. The number of pyridine rings is 1. The van der Waals surface area contributed by atoms with E-state index in [0.717, 1.165) is 16.5 Å². The minimum atomic E-state index is -0.0837. The Bertz CT molecular complexity index is 551. The Morgan fingerprint density at radius 1 is 1.33 bits per heavy atom. The van der Waals surface area contributed by atoms with E-state index in [1.807, 2.05) is 24.4 Å². The van der Waals surface area contributed by atoms with E-state index in [4.69, 9.17) is 10.5 Å². The standard InChI is InChI=1S/C15H18N2O/c1-18-15(10-6-7-10)14(16)12-8-11-4-2-3-5-13(11)17-9-12/h2-5,8-10,14-15H,6-7,16H2,1H3. The van der Waals surface area contributed by atoms with Crippen LogP contribution >= 0.6 is 0 Å². The third kappa shape index (κ3) is 2.11. The second-order valence-corrected chi connectivity index (χ2v) is 5.02. The fourth-order valence-corrected chi connectivity index (χ4v) is 2.52. The van der Waals surface area contributed by atoms with Gasteiger partial charge in [-0.05, 0) is 36.5 Å². The van der Waals surface area contributed by atoms with Crippen LogP contribution in [0.15, 0.2) is 36.5 Å². The molecule has 0 spiro atoms. The number of fused-ring (bicyclic) bond motifs is 1. The molecule has 2 aromatic rings. The van der Waals surface area contributed by atoms with Gasteiger partial charge in [-0.3, -0.25) is 4.98 Å². The van der Waals surface area contributed by atoms with Crippen LogP contribution in [0.5, 0.6) is 0 Å². The van der Waals surface area contributed by atoms with E-state index in [9.17, 15) is 0 Å². The van der Waals surface area contributed by atoms with Crippen LogP contribution in [0.4, 0.5) is 0 Å². The van der Waals surface area contributed by atoms with Crippen LogP contribution in [0.1, 0.15) is 24.4 Å². The number of rotatable bonds is 4. The molecule has 0 aliphatic heterocycles. The van der Waals surface area contributed by atoms with Crippen LogP contribution in [-0.2, 0) is 4.74 Å². The predicted octanol–water partition coefficient (Wildman–Crippen LogP) is 2.66. The lowest BCUT2D eigenvalue weighted by molar-refractivity contribution is 0.0624. The summed E-state index contributed by atoms with van der Waals surface area (Å²) >= 11 is 0. The normalized spacial score (nSPS) is 18.8. The van der Waals surface area contributed by atoms with Crippen LogP contribution in [0.2, 0.25) is 0 Å². The zero-order valence-corrected chi connectivity index (χ0v) is 10.5. The number of nitrogens with two attached hydrogens (primary N) is 1. The second-order valence-electron chi connectivity index (χ2n) is 5.02. The minimum Gasteiger partial charge on any atom is -0.379 e. The lowest BCUT2D eigenvalue weighted by Gasteiger charge is -2.22. The molecule has 2 unspecified atom stereocenters. The number of ether oxygens (including phenoxy) is 1. The van der Waals surface area contributed by atoms with Crippen molar-refractivity contribution in [2.75, 3.05) is 7.11 Å². The van der Waals surface area contributed by atoms with E-state index in [2.05, 4.69) is 17.1 Å². The SMILES string of the molecule is COC(C1CC1)C(N)c1cnc2ccccc2c1. The monoisotopic (exact) mass is 242 g/mol. The highest BCUT2D eigenvalue weighted by molar-refractivity contribution is 5.78. The Balaban J connectivity index is 1.92. The molecule has 1 fully saturated rings. The molecule has 18 heavy (non-hydrogen) atoms. The smallest absolute Gasteiger partial charge is 0.0792 e. The molecule has 1 aromatic carbocycles. The number of benzene rings is 1. The Kier molecular flexibility index (Phi) is 3.02. The van der Waals surface area contributed by atoms with E-state index in [-0.39, 0.29) is 12.1 Å². The summed E-state index contributed by atoms with van der Waals surface area (Å²) < 4.78 is 5.55.